The monoisotopic (exact) mass is 267 g/mol. The van der Waals surface area contributed by atoms with E-state index in [-0.39, 0.29) is 11.7 Å². The van der Waals surface area contributed by atoms with Crippen molar-refractivity contribution in [3.8, 4) is 0 Å². The predicted molar refractivity (Wildman–Crippen MR) is 74.8 cm³/mol. The molecule has 1 rings (SSSR count). The van der Waals surface area contributed by atoms with Crippen molar-refractivity contribution in [2.24, 2.45) is 0 Å². The maximum absolute atomic E-state index is 11.1. The quantitative estimate of drug-likeness (QED) is 0.402. The van der Waals surface area contributed by atoms with Crippen LogP contribution in [0.25, 0.3) is 0 Å². The van der Waals surface area contributed by atoms with E-state index in [4.69, 9.17) is 14.7 Å². The number of carbonyl (C=O) groups excluding carboxylic acids is 1. The number of nitrogens with one attached hydrogen (secondary N) is 3. The third kappa shape index (κ3) is 3.36. The summed E-state index contributed by atoms with van der Waals surface area (Å²) < 4.78 is 11.7. The zero-order chi connectivity index (χ0) is 14.8. The maximum Gasteiger partial charge on any atom is 0.500 e. The number of rotatable bonds is 3. The smallest absolute Gasteiger partial charge is 0.399 e. The third-order valence-corrected chi connectivity index (χ3v) is 3.40. The van der Waals surface area contributed by atoms with Crippen LogP contribution in [0.5, 0.6) is 0 Å². The van der Waals surface area contributed by atoms with Crippen LogP contribution in [0, 0.1) is 5.41 Å². The fraction of sp³-hybridized carbons (Fsp3) is 0.667. The van der Waals surface area contributed by atoms with Gasteiger partial charge in [-0.05, 0) is 33.9 Å². The second-order valence-electron chi connectivity index (χ2n) is 5.53. The summed E-state index contributed by atoms with van der Waals surface area (Å²) in [5.41, 5.74) is -0.515. The first-order valence-electron chi connectivity index (χ1n) is 6.20. The SMILES string of the molecule is CN/C=C(/B1OC(C)(C)C(C)(C)O1)C(=N)NC(C)=O. The van der Waals surface area contributed by atoms with Crippen molar-refractivity contribution in [3.05, 3.63) is 11.7 Å². The Morgan fingerprint density at radius 2 is 1.68 bits per heavy atom. The Kier molecular flexibility index (Phi) is 4.42. The van der Waals surface area contributed by atoms with E-state index in [1.54, 1.807) is 13.2 Å². The Morgan fingerprint density at radius 3 is 2.05 bits per heavy atom. The molecule has 6 nitrogen and oxygen atoms in total. The Bertz CT molecular complexity index is 402. The molecular formula is C12H22BN3O3. The van der Waals surface area contributed by atoms with Gasteiger partial charge in [0.05, 0.1) is 11.2 Å². The molecule has 0 bridgehead atoms. The summed E-state index contributed by atoms with van der Waals surface area (Å²) in [6.45, 7) is 9.10. The number of hydrogen-bond donors (Lipinski definition) is 3. The first-order valence-corrected chi connectivity index (χ1v) is 6.20. The minimum atomic E-state index is -0.684. The summed E-state index contributed by atoms with van der Waals surface area (Å²) in [7, 11) is 1.03. The molecular weight excluding hydrogens is 245 g/mol. The van der Waals surface area contributed by atoms with Crippen LogP contribution in [0.3, 0.4) is 0 Å². The first kappa shape index (κ1) is 15.7. The first-order chi connectivity index (χ1) is 8.60. The standard InChI is InChI=1S/C12H22BN3O3/c1-8(17)16-10(14)9(7-15-6)13-18-11(2,3)12(4,5)19-13/h7,15H,1-6H3,(H2,14,16,17)/b9-7+. The molecule has 0 spiro atoms. The topological polar surface area (TPSA) is 83.4 Å². The Hall–Kier alpha value is -1.34. The lowest BCUT2D eigenvalue weighted by Crippen LogP contribution is -2.41. The molecule has 1 heterocycles. The van der Waals surface area contributed by atoms with Crippen LogP contribution < -0.4 is 10.6 Å². The van der Waals surface area contributed by atoms with Crippen LogP contribution in [0.15, 0.2) is 11.7 Å². The fourth-order valence-corrected chi connectivity index (χ4v) is 1.63. The van der Waals surface area contributed by atoms with Crippen molar-refractivity contribution in [3.63, 3.8) is 0 Å². The summed E-state index contributed by atoms with van der Waals surface area (Å²) in [6, 6.07) is 0. The summed E-state index contributed by atoms with van der Waals surface area (Å²) in [6.07, 6.45) is 1.60. The lowest BCUT2D eigenvalue weighted by Gasteiger charge is -2.32. The van der Waals surface area contributed by atoms with Crippen LogP contribution in [0.2, 0.25) is 0 Å². The van der Waals surface area contributed by atoms with Gasteiger partial charge in [-0.15, -0.1) is 0 Å². The molecule has 1 fully saturated rings. The van der Waals surface area contributed by atoms with E-state index in [2.05, 4.69) is 10.6 Å². The molecule has 3 N–H and O–H groups in total. The van der Waals surface area contributed by atoms with Crippen molar-refractivity contribution < 1.29 is 14.1 Å². The molecule has 7 heteroatoms. The predicted octanol–water partition coefficient (Wildman–Crippen LogP) is 0.834. The Balaban J connectivity index is 2.95. The van der Waals surface area contributed by atoms with Gasteiger partial charge in [0.1, 0.15) is 5.84 Å². The molecule has 19 heavy (non-hydrogen) atoms. The summed E-state index contributed by atoms with van der Waals surface area (Å²) in [5, 5.41) is 13.2. The van der Waals surface area contributed by atoms with Gasteiger partial charge in [-0.3, -0.25) is 10.2 Å². The average molecular weight is 267 g/mol. The Labute approximate surface area is 114 Å². The molecule has 0 aromatic rings. The van der Waals surface area contributed by atoms with Gasteiger partial charge in [0.25, 0.3) is 0 Å². The Morgan fingerprint density at radius 1 is 1.21 bits per heavy atom. The highest BCUT2D eigenvalue weighted by atomic mass is 16.7. The van der Waals surface area contributed by atoms with Crippen LogP contribution in [-0.2, 0) is 14.1 Å². The molecule has 0 aliphatic carbocycles. The van der Waals surface area contributed by atoms with Crippen molar-refractivity contribution in [1.82, 2.24) is 10.6 Å². The maximum atomic E-state index is 11.1. The highest BCUT2D eigenvalue weighted by molar-refractivity contribution is 6.62. The fourth-order valence-electron chi connectivity index (χ4n) is 1.63. The molecule has 0 aromatic heterocycles. The lowest BCUT2D eigenvalue weighted by molar-refractivity contribution is -0.117. The van der Waals surface area contributed by atoms with Gasteiger partial charge in [0.2, 0.25) is 5.91 Å². The van der Waals surface area contributed by atoms with Crippen LogP contribution in [0.4, 0.5) is 0 Å². The van der Waals surface area contributed by atoms with Crippen LogP contribution in [0.1, 0.15) is 34.6 Å². The number of hydrogen-bond acceptors (Lipinski definition) is 5. The van der Waals surface area contributed by atoms with Crippen LogP contribution in [-0.4, -0.2) is 37.1 Å². The van der Waals surface area contributed by atoms with Gasteiger partial charge in [0.15, 0.2) is 0 Å². The summed E-state index contributed by atoms with van der Waals surface area (Å²) >= 11 is 0. The number of carbonyl (C=O) groups is 1. The molecule has 1 saturated heterocycles. The zero-order valence-electron chi connectivity index (χ0n) is 12.4. The minimum absolute atomic E-state index is 0.0275. The lowest BCUT2D eigenvalue weighted by atomic mass is 9.77. The normalized spacial score (nSPS) is 21.2. The van der Waals surface area contributed by atoms with Crippen molar-refractivity contribution in [1.29, 1.82) is 5.41 Å². The average Bonchev–Trinajstić information content (AvgIpc) is 2.43. The molecule has 1 amide bonds. The highest BCUT2D eigenvalue weighted by Gasteiger charge is 2.53. The molecule has 0 atom stereocenters. The molecule has 1 aliphatic rings. The number of amidine groups is 1. The van der Waals surface area contributed by atoms with Gasteiger partial charge in [-0.25, -0.2) is 0 Å². The second kappa shape index (κ2) is 5.34. The van der Waals surface area contributed by atoms with Gasteiger partial charge in [0, 0.05) is 19.4 Å². The molecule has 1 aliphatic heterocycles. The second-order valence-corrected chi connectivity index (χ2v) is 5.53. The van der Waals surface area contributed by atoms with Crippen molar-refractivity contribution in [2.45, 2.75) is 45.8 Å². The van der Waals surface area contributed by atoms with E-state index in [1.807, 2.05) is 27.7 Å². The van der Waals surface area contributed by atoms with E-state index < -0.39 is 18.3 Å². The molecule has 0 unspecified atom stereocenters. The summed E-state index contributed by atoms with van der Waals surface area (Å²) in [5.74, 6) is -0.330. The van der Waals surface area contributed by atoms with E-state index in [1.165, 1.54) is 6.92 Å². The highest BCUT2D eigenvalue weighted by Crippen LogP contribution is 2.38. The van der Waals surface area contributed by atoms with E-state index in [0.717, 1.165) is 0 Å². The van der Waals surface area contributed by atoms with E-state index in [0.29, 0.717) is 5.47 Å². The van der Waals surface area contributed by atoms with Crippen molar-refractivity contribution in [2.75, 3.05) is 7.05 Å². The van der Waals surface area contributed by atoms with Crippen LogP contribution >= 0.6 is 0 Å². The van der Waals surface area contributed by atoms with Crippen molar-refractivity contribution >= 4 is 18.9 Å². The van der Waals surface area contributed by atoms with Gasteiger partial charge >= 0.3 is 7.12 Å². The summed E-state index contributed by atoms with van der Waals surface area (Å²) in [4.78, 5) is 11.1. The zero-order valence-corrected chi connectivity index (χ0v) is 12.4. The molecule has 0 saturated carbocycles. The molecule has 0 aromatic carbocycles. The third-order valence-electron chi connectivity index (χ3n) is 3.40. The number of amides is 1. The van der Waals surface area contributed by atoms with Gasteiger partial charge < -0.3 is 19.9 Å². The minimum Gasteiger partial charge on any atom is -0.399 e. The van der Waals surface area contributed by atoms with E-state index >= 15 is 0 Å². The molecule has 106 valence electrons. The van der Waals surface area contributed by atoms with Gasteiger partial charge in [-0.2, -0.15) is 0 Å². The molecule has 0 radical (unpaired) electrons. The van der Waals surface area contributed by atoms with Gasteiger partial charge in [-0.1, -0.05) is 0 Å². The van der Waals surface area contributed by atoms with E-state index in [9.17, 15) is 4.79 Å². The largest absolute Gasteiger partial charge is 0.500 e.